The van der Waals surface area contributed by atoms with Gasteiger partial charge < -0.3 is 10.0 Å². The molecule has 0 fully saturated rings. The number of aryl methyl sites for hydroxylation is 1. The molecule has 0 aliphatic carbocycles. The molecule has 1 atom stereocenters. The van der Waals surface area contributed by atoms with Gasteiger partial charge in [-0.2, -0.15) is 5.10 Å². The predicted octanol–water partition coefficient (Wildman–Crippen LogP) is 2.87. The lowest BCUT2D eigenvalue weighted by Crippen LogP contribution is -2.21. The molecule has 1 heterocycles. The summed E-state index contributed by atoms with van der Waals surface area (Å²) in [5, 5.41) is 14.8. The summed E-state index contributed by atoms with van der Waals surface area (Å²) < 4.78 is 2.77. The summed E-state index contributed by atoms with van der Waals surface area (Å²) in [6.07, 6.45) is 2.80. The van der Waals surface area contributed by atoms with E-state index in [0.29, 0.717) is 6.42 Å². The molecule has 0 aliphatic heterocycles. The van der Waals surface area contributed by atoms with Crippen LogP contribution in [0.1, 0.15) is 23.8 Å². The highest BCUT2D eigenvalue weighted by atomic mass is 79.9. The highest BCUT2D eigenvalue weighted by Gasteiger charge is 2.17. The third-order valence-corrected chi connectivity index (χ3v) is 4.07. The molecule has 1 aromatic carbocycles. The Bertz CT molecular complexity index is 554. The van der Waals surface area contributed by atoms with Crippen LogP contribution in [0.2, 0.25) is 0 Å². The topological polar surface area (TPSA) is 41.3 Å². The number of nitrogens with zero attached hydrogens (tertiary/aromatic N) is 3. The number of hydrogen-bond acceptors (Lipinski definition) is 3. The average molecular weight is 352 g/mol. The zero-order valence-corrected chi connectivity index (χ0v) is 14.1. The second-order valence-corrected chi connectivity index (χ2v) is 6.30. The molecule has 0 saturated heterocycles. The first kappa shape index (κ1) is 16.2. The molecule has 0 aliphatic rings. The molecule has 0 bridgehead atoms. The first-order chi connectivity index (χ1) is 10.1. The largest absolute Gasteiger partial charge is 0.387 e. The van der Waals surface area contributed by atoms with Crippen LogP contribution in [-0.2, 0) is 13.0 Å². The van der Waals surface area contributed by atoms with Gasteiger partial charge in [0.25, 0.3) is 0 Å². The lowest BCUT2D eigenvalue weighted by molar-refractivity contribution is 0.154. The van der Waals surface area contributed by atoms with E-state index in [-0.39, 0.29) is 0 Å². The molecular weight excluding hydrogens is 330 g/mol. The zero-order chi connectivity index (χ0) is 15.2. The van der Waals surface area contributed by atoms with E-state index in [2.05, 4.69) is 38.1 Å². The minimum absolute atomic E-state index is 0.510. The van der Waals surface area contributed by atoms with Crippen molar-refractivity contribution in [3.63, 3.8) is 0 Å². The first-order valence-electron chi connectivity index (χ1n) is 7.16. The molecule has 5 heteroatoms. The minimum atomic E-state index is -0.510. The third kappa shape index (κ3) is 4.66. The highest BCUT2D eigenvalue weighted by molar-refractivity contribution is 9.10. The summed E-state index contributed by atoms with van der Waals surface area (Å²) >= 11 is 3.49. The van der Waals surface area contributed by atoms with E-state index in [1.54, 1.807) is 6.20 Å². The van der Waals surface area contributed by atoms with Crippen molar-refractivity contribution in [1.29, 1.82) is 0 Å². The molecule has 0 saturated carbocycles. The Morgan fingerprint density at radius 3 is 2.67 bits per heavy atom. The van der Waals surface area contributed by atoms with Gasteiger partial charge in [-0.1, -0.05) is 30.3 Å². The maximum atomic E-state index is 10.5. The van der Waals surface area contributed by atoms with Gasteiger partial charge in [-0.25, -0.2) is 0 Å². The van der Waals surface area contributed by atoms with Gasteiger partial charge in [0.1, 0.15) is 0 Å². The van der Waals surface area contributed by atoms with Crippen LogP contribution < -0.4 is 0 Å². The molecule has 2 rings (SSSR count). The normalized spacial score (nSPS) is 12.8. The van der Waals surface area contributed by atoms with Crippen LogP contribution >= 0.6 is 15.9 Å². The van der Waals surface area contributed by atoms with E-state index in [9.17, 15) is 5.11 Å². The monoisotopic (exact) mass is 351 g/mol. The number of aromatic nitrogens is 2. The number of aliphatic hydroxyl groups is 1. The van der Waals surface area contributed by atoms with E-state index in [4.69, 9.17) is 0 Å². The Hall–Kier alpha value is -1.17. The Morgan fingerprint density at radius 2 is 2.00 bits per heavy atom. The number of likely N-dealkylation sites (N-methyl/N-ethyl adjacent to an activating group) is 1. The van der Waals surface area contributed by atoms with Crippen LogP contribution in [0.4, 0.5) is 0 Å². The average Bonchev–Trinajstić information content (AvgIpc) is 2.85. The van der Waals surface area contributed by atoms with Crippen molar-refractivity contribution in [3.8, 4) is 0 Å². The summed E-state index contributed by atoms with van der Waals surface area (Å²) in [7, 11) is 4.06. The molecule has 1 N–H and O–H groups in total. The molecule has 114 valence electrons. The second kappa shape index (κ2) is 7.73. The molecule has 0 spiro atoms. The fourth-order valence-corrected chi connectivity index (χ4v) is 2.82. The molecule has 1 unspecified atom stereocenters. The Labute approximate surface area is 134 Å². The highest BCUT2D eigenvalue weighted by Crippen LogP contribution is 2.26. The lowest BCUT2D eigenvalue weighted by atomic mass is 10.1. The van der Waals surface area contributed by atoms with Gasteiger partial charge in [0.05, 0.1) is 29.0 Å². The van der Waals surface area contributed by atoms with Gasteiger partial charge in [-0.05, 0) is 48.4 Å². The molecular formula is C16H22BrN3O. The summed E-state index contributed by atoms with van der Waals surface area (Å²) in [6, 6.07) is 10.2. The summed E-state index contributed by atoms with van der Waals surface area (Å²) in [6.45, 7) is 1.67. The smallest absolute Gasteiger partial charge is 0.0971 e. The van der Waals surface area contributed by atoms with E-state index >= 15 is 0 Å². The van der Waals surface area contributed by atoms with Gasteiger partial charge in [0.15, 0.2) is 0 Å². The number of hydrogen-bond donors (Lipinski definition) is 1. The van der Waals surface area contributed by atoms with Crippen molar-refractivity contribution in [2.24, 2.45) is 0 Å². The van der Waals surface area contributed by atoms with Crippen molar-refractivity contribution in [2.75, 3.05) is 20.6 Å². The minimum Gasteiger partial charge on any atom is -0.387 e. The number of rotatable bonds is 7. The first-order valence-corrected chi connectivity index (χ1v) is 7.95. The van der Waals surface area contributed by atoms with Gasteiger partial charge in [0.2, 0.25) is 0 Å². The van der Waals surface area contributed by atoms with Crippen LogP contribution in [0.15, 0.2) is 41.0 Å². The van der Waals surface area contributed by atoms with Crippen molar-refractivity contribution in [2.45, 2.75) is 25.5 Å². The fraction of sp³-hybridized carbons (Fsp3) is 0.438. The Kier molecular flexibility index (Phi) is 5.96. The lowest BCUT2D eigenvalue weighted by Gasteiger charge is -2.16. The SMILES string of the molecule is CN(C)CCn1ncc(Br)c1C(O)CCc1ccccc1. The van der Waals surface area contributed by atoms with Crippen LogP contribution in [0.3, 0.4) is 0 Å². The number of aliphatic hydroxyl groups excluding tert-OH is 1. The molecule has 1 aromatic heterocycles. The summed E-state index contributed by atoms with van der Waals surface area (Å²) in [5.41, 5.74) is 2.11. The van der Waals surface area contributed by atoms with Crippen molar-refractivity contribution >= 4 is 15.9 Å². The molecule has 0 amide bonds. The maximum Gasteiger partial charge on any atom is 0.0971 e. The van der Waals surface area contributed by atoms with E-state index < -0.39 is 6.10 Å². The van der Waals surface area contributed by atoms with Crippen LogP contribution in [0.25, 0.3) is 0 Å². The van der Waals surface area contributed by atoms with E-state index in [0.717, 1.165) is 29.7 Å². The van der Waals surface area contributed by atoms with Gasteiger partial charge >= 0.3 is 0 Å². The van der Waals surface area contributed by atoms with Crippen molar-refractivity contribution in [1.82, 2.24) is 14.7 Å². The van der Waals surface area contributed by atoms with Gasteiger partial charge in [0, 0.05) is 6.54 Å². The van der Waals surface area contributed by atoms with Crippen LogP contribution in [0, 0.1) is 0 Å². The van der Waals surface area contributed by atoms with Gasteiger partial charge in [-0.15, -0.1) is 0 Å². The molecule has 0 radical (unpaired) electrons. The van der Waals surface area contributed by atoms with Crippen LogP contribution in [0.5, 0.6) is 0 Å². The molecule has 4 nitrogen and oxygen atoms in total. The number of benzene rings is 1. The van der Waals surface area contributed by atoms with Crippen molar-refractivity contribution < 1.29 is 5.11 Å². The second-order valence-electron chi connectivity index (χ2n) is 5.44. The standard InChI is InChI=1S/C16H22BrN3O/c1-19(2)10-11-20-16(14(17)12-18-20)15(21)9-8-13-6-4-3-5-7-13/h3-7,12,15,21H,8-11H2,1-2H3. The predicted molar refractivity (Wildman–Crippen MR) is 88.2 cm³/mol. The molecule has 21 heavy (non-hydrogen) atoms. The van der Waals surface area contributed by atoms with E-state index in [1.165, 1.54) is 5.56 Å². The van der Waals surface area contributed by atoms with Crippen LogP contribution in [-0.4, -0.2) is 40.4 Å². The zero-order valence-electron chi connectivity index (χ0n) is 12.5. The Balaban J connectivity index is 2.01. The summed E-state index contributed by atoms with van der Waals surface area (Å²) in [5.74, 6) is 0. The number of halogens is 1. The molecule has 2 aromatic rings. The van der Waals surface area contributed by atoms with Crippen molar-refractivity contribution in [3.05, 3.63) is 52.3 Å². The maximum absolute atomic E-state index is 10.5. The fourth-order valence-electron chi connectivity index (χ4n) is 2.26. The third-order valence-electron chi connectivity index (χ3n) is 3.46. The van der Waals surface area contributed by atoms with Gasteiger partial charge in [-0.3, -0.25) is 4.68 Å². The summed E-state index contributed by atoms with van der Waals surface area (Å²) in [4.78, 5) is 2.11. The van der Waals surface area contributed by atoms with E-state index in [1.807, 2.05) is 37.0 Å². The Morgan fingerprint density at radius 1 is 1.29 bits per heavy atom. The quantitative estimate of drug-likeness (QED) is 0.833.